The van der Waals surface area contributed by atoms with Gasteiger partial charge < -0.3 is 10.0 Å². The predicted octanol–water partition coefficient (Wildman–Crippen LogP) is 2.18. The molecule has 0 fully saturated rings. The summed E-state index contributed by atoms with van der Waals surface area (Å²) in [5.41, 5.74) is 0. The number of aliphatic hydroxyl groups excluding tert-OH is 1. The van der Waals surface area contributed by atoms with Gasteiger partial charge in [-0.25, -0.2) is 0 Å². The Morgan fingerprint density at radius 2 is 2.20 bits per heavy atom. The van der Waals surface area contributed by atoms with Gasteiger partial charge in [-0.1, -0.05) is 25.5 Å². The number of hydrogen-bond donors (Lipinski definition) is 1. The maximum atomic E-state index is 9.49. The molecule has 1 unspecified atom stereocenters. The number of allylic oxidation sites excluding steroid dienone is 2. The van der Waals surface area contributed by atoms with Crippen molar-refractivity contribution in [2.75, 3.05) is 13.1 Å². The summed E-state index contributed by atoms with van der Waals surface area (Å²) >= 11 is 0. The molecule has 0 spiro atoms. The van der Waals surface area contributed by atoms with E-state index in [0.29, 0.717) is 0 Å². The van der Waals surface area contributed by atoms with Crippen LogP contribution in [0.15, 0.2) is 17.1 Å². The predicted molar refractivity (Wildman–Crippen MR) is 64.0 cm³/mol. The number of amidine groups is 1. The second-order valence-electron chi connectivity index (χ2n) is 3.92. The molecule has 0 amide bonds. The average Bonchev–Trinajstić information content (AvgIpc) is 2.66. The lowest BCUT2D eigenvalue weighted by atomic mass is 10.2. The molecule has 0 aliphatic carbocycles. The SMILES string of the molecule is CCC/C=C/CCC1=NCCN1C(C)O. The van der Waals surface area contributed by atoms with Crippen LogP contribution in [0, 0.1) is 0 Å². The highest BCUT2D eigenvalue weighted by Crippen LogP contribution is 2.10. The molecule has 0 saturated heterocycles. The molecule has 0 aromatic carbocycles. The van der Waals surface area contributed by atoms with Crippen LogP contribution in [0.25, 0.3) is 0 Å². The number of rotatable bonds is 6. The fourth-order valence-electron chi connectivity index (χ4n) is 1.75. The molecule has 3 nitrogen and oxygen atoms in total. The normalized spacial score (nSPS) is 18.6. The summed E-state index contributed by atoms with van der Waals surface area (Å²) in [6.45, 7) is 5.68. The van der Waals surface area contributed by atoms with Crippen molar-refractivity contribution in [2.45, 2.75) is 45.8 Å². The molecule has 0 aromatic heterocycles. The molecule has 1 N–H and O–H groups in total. The Morgan fingerprint density at radius 1 is 1.47 bits per heavy atom. The third-order valence-corrected chi connectivity index (χ3v) is 2.57. The zero-order valence-corrected chi connectivity index (χ0v) is 9.82. The first-order valence-electron chi connectivity index (χ1n) is 5.88. The first kappa shape index (κ1) is 12.2. The van der Waals surface area contributed by atoms with Gasteiger partial charge in [-0.3, -0.25) is 4.99 Å². The molecule has 86 valence electrons. The molecule has 0 saturated carbocycles. The molecule has 1 aliphatic heterocycles. The van der Waals surface area contributed by atoms with Crippen LogP contribution >= 0.6 is 0 Å². The molecule has 1 atom stereocenters. The van der Waals surface area contributed by atoms with Crippen LogP contribution in [0.1, 0.15) is 39.5 Å². The Morgan fingerprint density at radius 3 is 2.87 bits per heavy atom. The highest BCUT2D eigenvalue weighted by atomic mass is 16.3. The van der Waals surface area contributed by atoms with Crippen molar-refractivity contribution in [2.24, 2.45) is 4.99 Å². The number of unbranched alkanes of at least 4 members (excludes halogenated alkanes) is 1. The van der Waals surface area contributed by atoms with Crippen LogP contribution in [0.4, 0.5) is 0 Å². The fourth-order valence-corrected chi connectivity index (χ4v) is 1.75. The monoisotopic (exact) mass is 210 g/mol. The van der Waals surface area contributed by atoms with E-state index in [-0.39, 0.29) is 0 Å². The summed E-state index contributed by atoms with van der Waals surface area (Å²) in [5, 5.41) is 9.49. The minimum atomic E-state index is -0.397. The van der Waals surface area contributed by atoms with Crippen LogP contribution in [-0.2, 0) is 0 Å². The molecular weight excluding hydrogens is 188 g/mol. The van der Waals surface area contributed by atoms with E-state index in [1.807, 2.05) is 4.90 Å². The van der Waals surface area contributed by atoms with Gasteiger partial charge in [0, 0.05) is 13.0 Å². The van der Waals surface area contributed by atoms with E-state index in [0.717, 1.165) is 38.2 Å². The number of nitrogens with zero attached hydrogens (tertiary/aromatic N) is 2. The second-order valence-corrected chi connectivity index (χ2v) is 3.92. The molecule has 15 heavy (non-hydrogen) atoms. The second kappa shape index (κ2) is 6.62. The van der Waals surface area contributed by atoms with Gasteiger partial charge in [0.25, 0.3) is 0 Å². The first-order chi connectivity index (χ1) is 7.25. The average molecular weight is 210 g/mol. The smallest absolute Gasteiger partial charge is 0.125 e. The third kappa shape index (κ3) is 4.04. The van der Waals surface area contributed by atoms with Crippen molar-refractivity contribution in [3.05, 3.63) is 12.2 Å². The minimum Gasteiger partial charge on any atom is -0.374 e. The van der Waals surface area contributed by atoms with Gasteiger partial charge in [-0.2, -0.15) is 0 Å². The Balaban J connectivity index is 2.26. The zero-order valence-electron chi connectivity index (χ0n) is 9.82. The molecule has 1 heterocycles. The molecular formula is C12H22N2O. The topological polar surface area (TPSA) is 35.8 Å². The lowest BCUT2D eigenvalue weighted by Crippen LogP contribution is -2.35. The molecule has 0 aromatic rings. The van der Waals surface area contributed by atoms with Crippen LogP contribution in [0.2, 0.25) is 0 Å². The first-order valence-corrected chi connectivity index (χ1v) is 5.88. The van der Waals surface area contributed by atoms with Gasteiger partial charge in [0.1, 0.15) is 12.1 Å². The maximum absolute atomic E-state index is 9.49. The summed E-state index contributed by atoms with van der Waals surface area (Å²) in [7, 11) is 0. The van der Waals surface area contributed by atoms with Crippen molar-refractivity contribution in [3.63, 3.8) is 0 Å². The van der Waals surface area contributed by atoms with Crippen LogP contribution in [-0.4, -0.2) is 35.2 Å². The van der Waals surface area contributed by atoms with E-state index in [9.17, 15) is 5.11 Å². The van der Waals surface area contributed by atoms with Crippen LogP contribution < -0.4 is 0 Å². The molecule has 0 radical (unpaired) electrons. The standard InChI is InChI=1S/C12H22N2O/c1-3-4-5-6-7-8-12-13-9-10-14(12)11(2)15/h5-6,11,15H,3-4,7-10H2,1-2H3/b6-5+. The van der Waals surface area contributed by atoms with E-state index in [2.05, 4.69) is 24.1 Å². The highest BCUT2D eigenvalue weighted by molar-refractivity contribution is 5.84. The summed E-state index contributed by atoms with van der Waals surface area (Å²) in [6.07, 6.45) is 8.38. The van der Waals surface area contributed by atoms with Gasteiger partial charge in [0.05, 0.1) is 6.54 Å². The van der Waals surface area contributed by atoms with Gasteiger partial charge in [0.2, 0.25) is 0 Å². The summed E-state index contributed by atoms with van der Waals surface area (Å²) in [4.78, 5) is 6.38. The minimum absolute atomic E-state index is 0.397. The Kier molecular flexibility index (Phi) is 5.40. The maximum Gasteiger partial charge on any atom is 0.125 e. The number of aliphatic hydroxyl groups is 1. The van der Waals surface area contributed by atoms with E-state index >= 15 is 0 Å². The number of aliphatic imine (C=N–C) groups is 1. The fraction of sp³-hybridized carbons (Fsp3) is 0.750. The lowest BCUT2D eigenvalue weighted by Gasteiger charge is -2.23. The molecule has 1 aliphatic rings. The zero-order chi connectivity index (χ0) is 11.1. The Labute approximate surface area is 92.5 Å². The largest absolute Gasteiger partial charge is 0.374 e. The van der Waals surface area contributed by atoms with Crippen LogP contribution in [0.3, 0.4) is 0 Å². The Hall–Kier alpha value is -0.830. The van der Waals surface area contributed by atoms with E-state index in [4.69, 9.17) is 0 Å². The molecule has 0 bridgehead atoms. The van der Waals surface area contributed by atoms with Gasteiger partial charge in [0.15, 0.2) is 0 Å². The quantitative estimate of drug-likeness (QED) is 0.682. The lowest BCUT2D eigenvalue weighted by molar-refractivity contribution is 0.0767. The van der Waals surface area contributed by atoms with Crippen molar-refractivity contribution in [1.29, 1.82) is 0 Å². The van der Waals surface area contributed by atoms with Crippen molar-refractivity contribution in [1.82, 2.24) is 4.90 Å². The van der Waals surface area contributed by atoms with Gasteiger partial charge in [-0.15, -0.1) is 0 Å². The van der Waals surface area contributed by atoms with E-state index < -0.39 is 6.23 Å². The Bertz CT molecular complexity index is 234. The third-order valence-electron chi connectivity index (χ3n) is 2.57. The molecule has 1 rings (SSSR count). The van der Waals surface area contributed by atoms with E-state index in [1.54, 1.807) is 6.92 Å². The summed E-state index contributed by atoms with van der Waals surface area (Å²) < 4.78 is 0. The van der Waals surface area contributed by atoms with Crippen molar-refractivity contribution < 1.29 is 5.11 Å². The van der Waals surface area contributed by atoms with E-state index in [1.165, 1.54) is 6.42 Å². The van der Waals surface area contributed by atoms with Gasteiger partial charge >= 0.3 is 0 Å². The van der Waals surface area contributed by atoms with Gasteiger partial charge in [-0.05, 0) is 19.8 Å². The number of hydrogen-bond acceptors (Lipinski definition) is 3. The van der Waals surface area contributed by atoms with Crippen LogP contribution in [0.5, 0.6) is 0 Å². The summed E-state index contributed by atoms with van der Waals surface area (Å²) in [5.74, 6) is 1.06. The molecule has 3 heteroatoms. The van der Waals surface area contributed by atoms with Crippen molar-refractivity contribution in [3.8, 4) is 0 Å². The highest BCUT2D eigenvalue weighted by Gasteiger charge is 2.19. The summed E-state index contributed by atoms with van der Waals surface area (Å²) in [6, 6.07) is 0. The van der Waals surface area contributed by atoms with Crippen molar-refractivity contribution >= 4 is 5.84 Å².